The minimum absolute atomic E-state index is 0.0934. The van der Waals surface area contributed by atoms with Gasteiger partial charge in [-0.2, -0.15) is 0 Å². The van der Waals surface area contributed by atoms with Crippen LogP contribution in [-0.4, -0.2) is 58.1 Å². The number of carbonyl (C=O) groups is 4. The lowest BCUT2D eigenvalue weighted by Gasteiger charge is -2.14. The topological polar surface area (TPSA) is 127 Å². The van der Waals surface area contributed by atoms with Crippen LogP contribution in [0, 0.1) is 0 Å². The van der Waals surface area contributed by atoms with Crippen molar-refractivity contribution in [3.8, 4) is 0 Å². The number of esters is 2. The maximum absolute atomic E-state index is 11.8. The van der Waals surface area contributed by atoms with Gasteiger partial charge in [0, 0.05) is 12.8 Å². The molecule has 0 aromatic carbocycles. The van der Waals surface area contributed by atoms with Crippen molar-refractivity contribution in [1.29, 1.82) is 0 Å². The summed E-state index contributed by atoms with van der Waals surface area (Å²) in [5, 5.41) is 19.6. The van der Waals surface area contributed by atoms with Crippen molar-refractivity contribution in [2.24, 2.45) is 0 Å². The van der Waals surface area contributed by atoms with Crippen molar-refractivity contribution in [2.75, 3.05) is 0 Å². The maximum atomic E-state index is 11.8. The number of rotatable bonds is 0. The van der Waals surface area contributed by atoms with Crippen LogP contribution in [-0.2, 0) is 28.7 Å². The molecule has 4 atom stereocenters. The fourth-order valence-electron chi connectivity index (χ4n) is 2.43. The maximum Gasteiger partial charge on any atom is 0.309 e. The molecule has 8 heteroatoms. The normalized spacial score (nSPS) is 32.1. The van der Waals surface area contributed by atoms with Crippen LogP contribution in [0.15, 0.2) is 24.3 Å². The molecule has 1 rings (SSSR count). The summed E-state index contributed by atoms with van der Waals surface area (Å²) in [6, 6.07) is 0. The summed E-state index contributed by atoms with van der Waals surface area (Å²) in [6.45, 7) is 3.25. The Morgan fingerprint density at radius 1 is 0.750 bits per heavy atom. The van der Waals surface area contributed by atoms with Crippen LogP contribution in [0.2, 0.25) is 0 Å². The van der Waals surface area contributed by atoms with E-state index in [0.717, 1.165) is 0 Å². The molecule has 0 fully saturated rings. The predicted molar refractivity (Wildman–Crippen MR) is 99.1 cm³/mol. The third-order valence-corrected chi connectivity index (χ3v) is 4.02. The van der Waals surface area contributed by atoms with Gasteiger partial charge in [0.2, 0.25) is 0 Å². The monoisotopic (exact) mass is 396 g/mol. The molecule has 0 saturated carbocycles. The van der Waals surface area contributed by atoms with E-state index in [4.69, 9.17) is 9.47 Å². The first-order valence-corrected chi connectivity index (χ1v) is 9.33. The van der Waals surface area contributed by atoms with Crippen molar-refractivity contribution in [3.63, 3.8) is 0 Å². The Labute approximate surface area is 164 Å². The van der Waals surface area contributed by atoms with Crippen LogP contribution in [0.5, 0.6) is 0 Å². The van der Waals surface area contributed by atoms with E-state index < -0.39 is 36.4 Å². The molecule has 0 radical (unpaired) electrons. The highest BCUT2D eigenvalue weighted by molar-refractivity contribution is 5.90. The van der Waals surface area contributed by atoms with E-state index in [9.17, 15) is 29.4 Å². The molecular formula is C20H28O8. The zero-order valence-electron chi connectivity index (χ0n) is 16.2. The summed E-state index contributed by atoms with van der Waals surface area (Å²) >= 11 is 0. The number of carbonyl (C=O) groups excluding carboxylic acids is 4. The van der Waals surface area contributed by atoms with Crippen LogP contribution in [0.1, 0.15) is 52.4 Å². The summed E-state index contributed by atoms with van der Waals surface area (Å²) < 4.78 is 10.2. The summed E-state index contributed by atoms with van der Waals surface area (Å²) in [4.78, 5) is 47.2. The van der Waals surface area contributed by atoms with Crippen molar-refractivity contribution in [1.82, 2.24) is 0 Å². The Balaban J connectivity index is 2.77. The predicted octanol–water partition coefficient (Wildman–Crippen LogP) is 1.18. The van der Waals surface area contributed by atoms with Crippen molar-refractivity contribution in [3.05, 3.63) is 24.3 Å². The zero-order chi connectivity index (χ0) is 21.1. The molecule has 156 valence electrons. The molecule has 0 amide bonds. The number of hydrogen-bond acceptors (Lipinski definition) is 8. The fourth-order valence-corrected chi connectivity index (χ4v) is 2.43. The van der Waals surface area contributed by atoms with Crippen molar-refractivity contribution in [2.45, 2.75) is 76.8 Å². The van der Waals surface area contributed by atoms with Crippen molar-refractivity contribution < 1.29 is 38.9 Å². The molecule has 1 aliphatic heterocycles. The molecule has 8 nitrogen and oxygen atoms in total. The fraction of sp³-hybridized carbons (Fsp3) is 0.600. The third-order valence-electron chi connectivity index (χ3n) is 4.02. The van der Waals surface area contributed by atoms with Crippen LogP contribution < -0.4 is 0 Å². The van der Waals surface area contributed by atoms with Crippen LogP contribution in [0.3, 0.4) is 0 Å². The molecule has 0 bridgehead atoms. The van der Waals surface area contributed by atoms with E-state index in [0.29, 0.717) is 0 Å². The number of aliphatic hydroxyl groups excluding tert-OH is 2. The second-order valence-electron chi connectivity index (χ2n) is 6.87. The van der Waals surface area contributed by atoms with Gasteiger partial charge in [0.25, 0.3) is 0 Å². The first kappa shape index (κ1) is 23.7. The first-order valence-electron chi connectivity index (χ1n) is 9.33. The van der Waals surface area contributed by atoms with E-state index in [1.54, 1.807) is 13.8 Å². The lowest BCUT2D eigenvalue weighted by atomic mass is 10.1. The van der Waals surface area contributed by atoms with Crippen LogP contribution in [0.25, 0.3) is 0 Å². The number of allylic oxidation sites excluding steroid dienone is 2. The summed E-state index contributed by atoms with van der Waals surface area (Å²) in [6.07, 6.45) is 1.54. The number of ketones is 2. The highest BCUT2D eigenvalue weighted by Crippen LogP contribution is 2.09. The van der Waals surface area contributed by atoms with Gasteiger partial charge in [-0.3, -0.25) is 19.2 Å². The SMILES string of the molecule is C[C@@H]1CCC(=O)/C=C/[C@@H](O)CC(=O)O[C@H](C)CCC(=O)/C=C/[C@@H](O)CC(=O)O1. The second-order valence-corrected chi connectivity index (χ2v) is 6.87. The standard InChI is InChI=1S/C20H28O8/c1-13-3-5-15(21)7-9-18(24)12-20(26)28-14(2)4-6-16(22)8-10-17(23)11-19(25)27-13/h7-10,13-14,17-18,23-24H,3-6,11-12H2,1-2H3/b9-7+,10-8+/t13-,14-,17-,18-/m1/s1. The molecule has 0 aromatic rings. The molecule has 0 saturated heterocycles. The third kappa shape index (κ3) is 10.7. The van der Waals surface area contributed by atoms with Crippen LogP contribution >= 0.6 is 0 Å². The molecule has 0 spiro atoms. The molecular weight excluding hydrogens is 368 g/mol. The van der Waals surface area contributed by atoms with E-state index in [2.05, 4.69) is 0 Å². The Morgan fingerprint density at radius 3 is 1.46 bits per heavy atom. The highest BCUT2D eigenvalue weighted by Gasteiger charge is 2.17. The quantitative estimate of drug-likeness (QED) is 0.584. The molecule has 0 aromatic heterocycles. The van der Waals surface area contributed by atoms with Gasteiger partial charge in [-0.15, -0.1) is 0 Å². The smallest absolute Gasteiger partial charge is 0.309 e. The van der Waals surface area contributed by atoms with Gasteiger partial charge >= 0.3 is 11.9 Å². The van der Waals surface area contributed by atoms with E-state index in [-0.39, 0.29) is 50.1 Å². The Kier molecular flexibility index (Phi) is 10.3. The van der Waals surface area contributed by atoms with Gasteiger partial charge in [0.15, 0.2) is 11.6 Å². The summed E-state index contributed by atoms with van der Waals surface area (Å²) in [5.74, 6) is -1.82. The van der Waals surface area contributed by atoms with Gasteiger partial charge in [0.1, 0.15) is 0 Å². The average Bonchev–Trinajstić information content (AvgIpc) is 2.60. The Morgan fingerprint density at radius 2 is 1.11 bits per heavy atom. The average molecular weight is 396 g/mol. The van der Waals surface area contributed by atoms with E-state index in [1.165, 1.54) is 24.3 Å². The Bertz CT molecular complexity index is 568. The second kappa shape index (κ2) is 12.2. The lowest BCUT2D eigenvalue weighted by Crippen LogP contribution is -2.21. The van der Waals surface area contributed by atoms with E-state index in [1.807, 2.05) is 0 Å². The molecule has 0 aliphatic carbocycles. The molecule has 1 aliphatic rings. The number of hydrogen-bond donors (Lipinski definition) is 2. The number of cyclic esters (lactones) is 2. The summed E-state index contributed by atoms with van der Waals surface area (Å²) in [7, 11) is 0. The largest absolute Gasteiger partial charge is 0.463 e. The van der Waals surface area contributed by atoms with Crippen molar-refractivity contribution >= 4 is 23.5 Å². The first-order chi connectivity index (χ1) is 13.2. The number of ether oxygens (including phenoxy) is 2. The minimum atomic E-state index is -1.16. The van der Waals surface area contributed by atoms with Crippen LogP contribution in [0.4, 0.5) is 0 Å². The molecule has 28 heavy (non-hydrogen) atoms. The summed E-state index contributed by atoms with van der Waals surface area (Å²) in [5.41, 5.74) is 0. The van der Waals surface area contributed by atoms with Gasteiger partial charge in [0.05, 0.1) is 37.3 Å². The van der Waals surface area contributed by atoms with Gasteiger partial charge in [-0.1, -0.05) is 12.2 Å². The van der Waals surface area contributed by atoms with E-state index >= 15 is 0 Å². The highest BCUT2D eigenvalue weighted by atomic mass is 16.5. The molecule has 2 N–H and O–H groups in total. The van der Waals surface area contributed by atoms with Gasteiger partial charge < -0.3 is 19.7 Å². The van der Waals surface area contributed by atoms with Gasteiger partial charge in [-0.05, 0) is 38.8 Å². The number of aliphatic hydroxyl groups is 2. The minimum Gasteiger partial charge on any atom is -0.463 e. The zero-order valence-corrected chi connectivity index (χ0v) is 16.2. The van der Waals surface area contributed by atoms with Gasteiger partial charge in [-0.25, -0.2) is 0 Å². The lowest BCUT2D eigenvalue weighted by molar-refractivity contribution is -0.151. The molecule has 1 heterocycles. The Hall–Kier alpha value is -2.32. The molecule has 0 unspecified atom stereocenters.